The van der Waals surface area contributed by atoms with E-state index in [0.29, 0.717) is 26.3 Å². The number of urea groups is 1. The van der Waals surface area contributed by atoms with Crippen molar-refractivity contribution in [3.8, 4) is 5.75 Å². The second-order valence-corrected chi connectivity index (χ2v) is 6.85. The van der Waals surface area contributed by atoms with E-state index in [0.717, 1.165) is 42.3 Å². The number of benzene rings is 1. The van der Waals surface area contributed by atoms with Crippen LogP contribution in [0.15, 0.2) is 40.8 Å². The van der Waals surface area contributed by atoms with Crippen LogP contribution in [0, 0.1) is 6.92 Å². The van der Waals surface area contributed by atoms with Gasteiger partial charge in [0.25, 0.3) is 0 Å². The zero-order valence-corrected chi connectivity index (χ0v) is 16.6. The van der Waals surface area contributed by atoms with Gasteiger partial charge in [-0.05, 0) is 43.2 Å². The maximum atomic E-state index is 12.2. The number of carbonyl (C=O) groups excluding carboxylic acids is 1. The van der Waals surface area contributed by atoms with Crippen molar-refractivity contribution < 1.29 is 18.7 Å². The summed E-state index contributed by atoms with van der Waals surface area (Å²) in [5, 5.41) is 5.90. The molecular weight excluding hydrogens is 358 g/mol. The molecule has 1 unspecified atom stereocenters. The van der Waals surface area contributed by atoms with Crippen LogP contribution >= 0.6 is 0 Å². The fourth-order valence-corrected chi connectivity index (χ4v) is 3.30. The number of carbonyl (C=O) groups is 1. The van der Waals surface area contributed by atoms with Gasteiger partial charge in [0.05, 0.1) is 26.4 Å². The van der Waals surface area contributed by atoms with Crippen LogP contribution in [0.2, 0.25) is 0 Å². The van der Waals surface area contributed by atoms with Crippen molar-refractivity contribution in [1.29, 1.82) is 0 Å². The molecule has 2 aromatic rings. The van der Waals surface area contributed by atoms with Crippen molar-refractivity contribution in [2.45, 2.75) is 19.4 Å². The first-order valence-electron chi connectivity index (χ1n) is 9.68. The number of aryl methyl sites for hydroxylation is 1. The molecule has 7 nitrogen and oxygen atoms in total. The van der Waals surface area contributed by atoms with Gasteiger partial charge < -0.3 is 24.5 Å². The van der Waals surface area contributed by atoms with E-state index in [1.54, 1.807) is 7.11 Å². The average molecular weight is 387 g/mol. The Morgan fingerprint density at radius 3 is 2.54 bits per heavy atom. The van der Waals surface area contributed by atoms with Gasteiger partial charge in [0.1, 0.15) is 17.3 Å². The molecule has 7 heteroatoms. The van der Waals surface area contributed by atoms with Gasteiger partial charge in [0, 0.05) is 26.2 Å². The maximum Gasteiger partial charge on any atom is 0.314 e. The Bertz CT molecular complexity index is 738. The smallest absolute Gasteiger partial charge is 0.314 e. The van der Waals surface area contributed by atoms with E-state index in [-0.39, 0.29) is 12.1 Å². The fourth-order valence-electron chi connectivity index (χ4n) is 3.30. The van der Waals surface area contributed by atoms with Crippen molar-refractivity contribution in [2.75, 3.05) is 46.5 Å². The lowest BCUT2D eigenvalue weighted by Gasteiger charge is -2.33. The maximum absolute atomic E-state index is 12.2. The van der Waals surface area contributed by atoms with Crippen LogP contribution in [0.25, 0.3) is 0 Å². The largest absolute Gasteiger partial charge is 0.497 e. The van der Waals surface area contributed by atoms with Crippen molar-refractivity contribution in [2.24, 2.45) is 0 Å². The predicted molar refractivity (Wildman–Crippen MR) is 107 cm³/mol. The molecule has 0 saturated carbocycles. The molecule has 1 aliphatic heterocycles. The Morgan fingerprint density at radius 1 is 1.14 bits per heavy atom. The summed E-state index contributed by atoms with van der Waals surface area (Å²) in [5.74, 6) is 2.58. The molecule has 28 heavy (non-hydrogen) atoms. The number of rotatable bonds is 8. The van der Waals surface area contributed by atoms with Crippen LogP contribution in [0.5, 0.6) is 5.75 Å². The number of morpholine rings is 1. The molecule has 1 aromatic heterocycles. The van der Waals surface area contributed by atoms with E-state index in [2.05, 4.69) is 15.5 Å². The molecule has 1 aliphatic rings. The normalized spacial score (nSPS) is 15.8. The van der Waals surface area contributed by atoms with Gasteiger partial charge in [-0.3, -0.25) is 4.90 Å². The van der Waals surface area contributed by atoms with Crippen LogP contribution in [0.1, 0.15) is 23.1 Å². The first-order chi connectivity index (χ1) is 13.7. The van der Waals surface area contributed by atoms with Crippen LogP contribution in [-0.2, 0) is 11.2 Å². The summed E-state index contributed by atoms with van der Waals surface area (Å²) in [4.78, 5) is 14.5. The molecule has 0 radical (unpaired) electrons. The Hall–Kier alpha value is -2.51. The van der Waals surface area contributed by atoms with Gasteiger partial charge in [-0.15, -0.1) is 0 Å². The van der Waals surface area contributed by atoms with Crippen LogP contribution in [0.3, 0.4) is 0 Å². The molecule has 0 bridgehead atoms. The van der Waals surface area contributed by atoms with E-state index in [4.69, 9.17) is 13.9 Å². The molecule has 1 aromatic carbocycles. The summed E-state index contributed by atoms with van der Waals surface area (Å²) in [5.41, 5.74) is 1.15. The minimum absolute atomic E-state index is 0.00457. The monoisotopic (exact) mass is 387 g/mol. The zero-order valence-electron chi connectivity index (χ0n) is 16.6. The summed E-state index contributed by atoms with van der Waals surface area (Å²) in [6.07, 6.45) is 0.766. The topological polar surface area (TPSA) is 76.0 Å². The highest BCUT2D eigenvalue weighted by Gasteiger charge is 2.25. The van der Waals surface area contributed by atoms with Gasteiger partial charge in [0.15, 0.2) is 0 Å². The second kappa shape index (κ2) is 10.1. The predicted octanol–water partition coefficient (Wildman–Crippen LogP) is 2.51. The molecule has 0 spiro atoms. The van der Waals surface area contributed by atoms with Gasteiger partial charge in [0.2, 0.25) is 0 Å². The number of furan rings is 1. The molecule has 1 fully saturated rings. The highest BCUT2D eigenvalue weighted by molar-refractivity contribution is 5.73. The molecule has 1 saturated heterocycles. The number of ether oxygens (including phenoxy) is 2. The lowest BCUT2D eigenvalue weighted by molar-refractivity contribution is 0.0121. The summed E-state index contributed by atoms with van der Waals surface area (Å²) in [7, 11) is 1.65. The van der Waals surface area contributed by atoms with Gasteiger partial charge in [-0.1, -0.05) is 12.1 Å². The molecule has 152 valence electrons. The minimum Gasteiger partial charge on any atom is -0.497 e. The lowest BCUT2D eigenvalue weighted by Crippen LogP contribution is -2.45. The van der Waals surface area contributed by atoms with Crippen LogP contribution in [-0.4, -0.2) is 57.4 Å². The number of methoxy groups -OCH3 is 1. The van der Waals surface area contributed by atoms with E-state index >= 15 is 0 Å². The molecule has 2 heterocycles. The van der Waals surface area contributed by atoms with Crippen LogP contribution < -0.4 is 15.4 Å². The van der Waals surface area contributed by atoms with Gasteiger partial charge in [-0.25, -0.2) is 4.79 Å². The van der Waals surface area contributed by atoms with E-state index in [1.165, 1.54) is 0 Å². The molecule has 2 amide bonds. The Labute approximate surface area is 166 Å². The summed E-state index contributed by atoms with van der Waals surface area (Å²) in [6, 6.07) is 11.6. The third-order valence-corrected chi connectivity index (χ3v) is 4.89. The fraction of sp³-hybridized carbons (Fsp3) is 0.476. The molecule has 2 N–H and O–H groups in total. The highest BCUT2D eigenvalue weighted by Crippen LogP contribution is 2.23. The van der Waals surface area contributed by atoms with Gasteiger partial charge >= 0.3 is 6.03 Å². The van der Waals surface area contributed by atoms with Crippen molar-refractivity contribution in [3.63, 3.8) is 0 Å². The molecular formula is C21H29N3O4. The summed E-state index contributed by atoms with van der Waals surface area (Å²) < 4.78 is 16.4. The van der Waals surface area contributed by atoms with E-state index in [1.807, 2.05) is 43.3 Å². The van der Waals surface area contributed by atoms with E-state index in [9.17, 15) is 4.79 Å². The number of nitrogens with one attached hydrogen (secondary N) is 2. The number of hydrogen-bond donors (Lipinski definition) is 2. The Kier molecular flexibility index (Phi) is 7.33. The molecule has 0 aliphatic carbocycles. The minimum atomic E-state index is -0.171. The van der Waals surface area contributed by atoms with Crippen molar-refractivity contribution >= 4 is 6.03 Å². The van der Waals surface area contributed by atoms with Crippen molar-refractivity contribution in [3.05, 3.63) is 53.5 Å². The van der Waals surface area contributed by atoms with Gasteiger partial charge in [-0.2, -0.15) is 0 Å². The quantitative estimate of drug-likeness (QED) is 0.728. The third kappa shape index (κ3) is 5.74. The Morgan fingerprint density at radius 2 is 1.89 bits per heavy atom. The zero-order chi connectivity index (χ0) is 19.8. The standard InChI is InChI=1S/C21H29N3O4/c1-16-3-8-20(28-16)19(24-11-13-27-14-12-24)15-23-21(25)22-10-9-17-4-6-18(26-2)7-5-17/h3-8,19H,9-15H2,1-2H3,(H2,22,23,25). The SMILES string of the molecule is COc1ccc(CCNC(=O)NCC(c2ccc(C)o2)N2CCOCC2)cc1. The first kappa shape index (κ1) is 20.2. The average Bonchev–Trinajstić information content (AvgIpc) is 3.15. The lowest BCUT2D eigenvalue weighted by atomic mass is 10.1. The number of amides is 2. The summed E-state index contributed by atoms with van der Waals surface area (Å²) in [6.45, 7) is 6.03. The second-order valence-electron chi connectivity index (χ2n) is 6.85. The van der Waals surface area contributed by atoms with Crippen molar-refractivity contribution in [1.82, 2.24) is 15.5 Å². The molecule has 1 atom stereocenters. The Balaban J connectivity index is 1.47. The molecule has 3 rings (SSSR count). The third-order valence-electron chi connectivity index (χ3n) is 4.89. The summed E-state index contributed by atoms with van der Waals surface area (Å²) >= 11 is 0. The number of hydrogen-bond acceptors (Lipinski definition) is 5. The van der Waals surface area contributed by atoms with Crippen LogP contribution in [0.4, 0.5) is 4.79 Å². The highest BCUT2D eigenvalue weighted by atomic mass is 16.5. The van der Waals surface area contributed by atoms with E-state index < -0.39 is 0 Å². The first-order valence-corrected chi connectivity index (χ1v) is 9.68. The number of nitrogens with zero attached hydrogens (tertiary/aromatic N) is 1.